The van der Waals surface area contributed by atoms with E-state index in [4.69, 9.17) is 0 Å². The molecular weight excluding hydrogens is 498 g/mol. The molecular formula is C27H32IOP. The zero-order valence-corrected chi connectivity index (χ0v) is 21.4. The van der Waals surface area contributed by atoms with Gasteiger partial charge in [-0.25, -0.2) is 0 Å². The molecule has 1 heterocycles. The summed E-state index contributed by atoms with van der Waals surface area (Å²) in [5.41, 5.74) is 3.95. The van der Waals surface area contributed by atoms with E-state index in [9.17, 15) is 5.11 Å². The number of rotatable bonds is 6. The molecule has 0 aromatic heterocycles. The Morgan fingerprint density at radius 3 is 1.80 bits per heavy atom. The van der Waals surface area contributed by atoms with Crippen LogP contribution in [0.5, 0.6) is 0 Å². The number of fused-ring (bicyclic) bond motifs is 3. The Hall–Kier alpha value is -1.22. The zero-order chi connectivity index (χ0) is 21.6. The minimum atomic E-state index is -2.63. The Labute approximate surface area is 194 Å². The first-order valence-electron chi connectivity index (χ1n) is 10.9. The van der Waals surface area contributed by atoms with Crippen molar-refractivity contribution >= 4 is 36.9 Å². The number of aliphatic hydroxyl groups excluding tert-OH is 1. The van der Waals surface area contributed by atoms with Crippen molar-refractivity contribution in [3.63, 3.8) is 0 Å². The van der Waals surface area contributed by atoms with Crippen molar-refractivity contribution in [2.24, 2.45) is 5.41 Å². The number of hydrogen-bond donors (Lipinski definition) is 1. The van der Waals surface area contributed by atoms with Gasteiger partial charge >= 0.3 is 195 Å². The molecule has 1 aliphatic heterocycles. The minimum absolute atomic E-state index is 0.158. The molecule has 2 atom stereocenters. The predicted molar refractivity (Wildman–Crippen MR) is 142 cm³/mol. The molecule has 1 aliphatic rings. The van der Waals surface area contributed by atoms with Crippen LogP contribution in [0.2, 0.25) is 0 Å². The third kappa shape index (κ3) is 3.10. The van der Waals surface area contributed by atoms with E-state index >= 15 is 0 Å². The fourth-order valence-corrected chi connectivity index (χ4v) is 14.7. The van der Waals surface area contributed by atoms with Gasteiger partial charge in [0, 0.05) is 0 Å². The molecule has 1 N–H and O–H groups in total. The van der Waals surface area contributed by atoms with Gasteiger partial charge in [0.2, 0.25) is 0 Å². The Kier molecular flexibility index (Phi) is 5.66. The quantitative estimate of drug-likeness (QED) is 0.283. The molecule has 0 saturated carbocycles. The summed E-state index contributed by atoms with van der Waals surface area (Å²) in [4.78, 5) is 0. The second-order valence-corrected chi connectivity index (χ2v) is 21.0. The first-order chi connectivity index (χ1) is 14.2. The van der Waals surface area contributed by atoms with Crippen LogP contribution in [0.25, 0.3) is 11.1 Å². The monoisotopic (exact) mass is 530 g/mol. The van der Waals surface area contributed by atoms with Crippen LogP contribution in [0.3, 0.4) is 0 Å². The van der Waals surface area contributed by atoms with Gasteiger partial charge in [-0.3, -0.25) is 0 Å². The summed E-state index contributed by atoms with van der Waals surface area (Å²) in [5, 5.41) is 14.8. The van der Waals surface area contributed by atoms with Crippen LogP contribution in [0.15, 0.2) is 78.9 Å². The molecule has 0 spiro atoms. The molecule has 1 nitrogen and oxygen atoms in total. The average Bonchev–Trinajstić information content (AvgIpc) is 3.01. The number of hydrogen-bond acceptors (Lipinski definition) is 1. The van der Waals surface area contributed by atoms with E-state index in [1.807, 2.05) is 0 Å². The van der Waals surface area contributed by atoms with Crippen LogP contribution < -0.4 is 10.6 Å². The van der Waals surface area contributed by atoms with Gasteiger partial charge in [-0.1, -0.05) is 0 Å². The second-order valence-electron chi connectivity index (χ2n) is 9.44. The Morgan fingerprint density at radius 2 is 1.30 bits per heavy atom. The van der Waals surface area contributed by atoms with Gasteiger partial charge in [0.15, 0.2) is 0 Å². The summed E-state index contributed by atoms with van der Waals surface area (Å²) < 4.78 is -2.63. The van der Waals surface area contributed by atoms with Crippen LogP contribution in [0.4, 0.5) is 0 Å². The molecule has 3 heteroatoms. The number of halogens is 1. The van der Waals surface area contributed by atoms with Crippen LogP contribution in [0, 0.1) is 5.41 Å². The van der Waals surface area contributed by atoms with Crippen molar-refractivity contribution < 1.29 is 5.11 Å². The first-order valence-corrected chi connectivity index (χ1v) is 16.2. The third-order valence-corrected chi connectivity index (χ3v) is 21.3. The zero-order valence-electron chi connectivity index (χ0n) is 18.3. The standard InChI is InChI=1S/C27H32IOP/c1-5-30(28,20(2)26(29)27(3,4)19-21-13-7-6-8-14-21)24-17-11-9-15-22(24)23-16-10-12-18-25(23)30/h6-18,20,26,29H,5,19H2,1-4H3/t20-,26+/m1/s1. The molecule has 0 bridgehead atoms. The predicted octanol–water partition coefficient (Wildman–Crippen LogP) is 6.56. The molecule has 3 aromatic rings. The molecule has 0 radical (unpaired) electrons. The Bertz CT molecular complexity index is 1010. The molecule has 0 aliphatic carbocycles. The van der Waals surface area contributed by atoms with Crippen molar-refractivity contribution in [2.45, 2.75) is 45.9 Å². The normalized spacial score (nSPS) is 19.7. The molecule has 0 unspecified atom stereocenters. The summed E-state index contributed by atoms with van der Waals surface area (Å²) in [6.07, 6.45) is 1.52. The van der Waals surface area contributed by atoms with Crippen molar-refractivity contribution in [1.29, 1.82) is 0 Å². The summed E-state index contributed by atoms with van der Waals surface area (Å²) >= 11 is 2.83. The maximum atomic E-state index is 11.9. The van der Waals surface area contributed by atoms with Crippen molar-refractivity contribution in [2.75, 3.05) is 6.16 Å². The van der Waals surface area contributed by atoms with Gasteiger partial charge in [0.1, 0.15) is 0 Å². The number of aliphatic hydroxyl groups is 1. The van der Waals surface area contributed by atoms with E-state index in [-0.39, 0.29) is 11.1 Å². The summed E-state index contributed by atoms with van der Waals surface area (Å²) in [7, 11) is 0. The van der Waals surface area contributed by atoms with E-state index < -0.39 is 10.3 Å². The van der Waals surface area contributed by atoms with Crippen LogP contribution in [0.1, 0.15) is 33.3 Å². The molecule has 3 aromatic carbocycles. The molecule has 0 fully saturated rings. The van der Waals surface area contributed by atoms with Gasteiger partial charge in [-0.2, -0.15) is 0 Å². The fourth-order valence-electron chi connectivity index (χ4n) is 5.62. The van der Waals surface area contributed by atoms with E-state index in [0.717, 1.165) is 12.6 Å². The van der Waals surface area contributed by atoms with E-state index in [1.54, 1.807) is 0 Å². The van der Waals surface area contributed by atoms with Crippen LogP contribution >= 0.6 is 26.3 Å². The molecule has 4 rings (SSSR count). The summed E-state index contributed by atoms with van der Waals surface area (Å²) in [6.45, 7) is 9.09. The first kappa shape index (κ1) is 22.0. The summed E-state index contributed by atoms with van der Waals surface area (Å²) in [5.74, 6) is 0. The Morgan fingerprint density at radius 1 is 0.833 bits per heavy atom. The third-order valence-electron chi connectivity index (χ3n) is 7.37. The van der Waals surface area contributed by atoms with Crippen molar-refractivity contribution in [3.05, 3.63) is 84.4 Å². The topological polar surface area (TPSA) is 20.2 Å². The SMILES string of the molecule is CCP1(I)([C@H](C)[C@H](O)C(C)(C)Cc2ccccc2)c2ccccc2-c2ccccc21. The van der Waals surface area contributed by atoms with E-state index in [0.29, 0.717) is 0 Å². The molecule has 0 amide bonds. The average molecular weight is 530 g/mol. The van der Waals surface area contributed by atoms with E-state index in [1.165, 1.54) is 27.3 Å². The molecule has 0 saturated heterocycles. The second kappa shape index (κ2) is 7.73. The van der Waals surface area contributed by atoms with E-state index in [2.05, 4.69) is 129 Å². The Balaban J connectivity index is 1.84. The molecule has 30 heavy (non-hydrogen) atoms. The van der Waals surface area contributed by atoms with Crippen LogP contribution in [-0.4, -0.2) is 23.0 Å². The van der Waals surface area contributed by atoms with Gasteiger partial charge < -0.3 is 0 Å². The van der Waals surface area contributed by atoms with Gasteiger partial charge in [0.25, 0.3) is 0 Å². The van der Waals surface area contributed by atoms with Crippen LogP contribution in [-0.2, 0) is 6.42 Å². The van der Waals surface area contributed by atoms with Crippen molar-refractivity contribution in [3.8, 4) is 11.1 Å². The van der Waals surface area contributed by atoms with Gasteiger partial charge in [-0.15, -0.1) is 0 Å². The van der Waals surface area contributed by atoms with Crippen molar-refractivity contribution in [1.82, 2.24) is 0 Å². The summed E-state index contributed by atoms with van der Waals surface area (Å²) in [6, 6.07) is 28.4. The van der Waals surface area contributed by atoms with Gasteiger partial charge in [-0.05, 0) is 0 Å². The number of benzene rings is 3. The maximum absolute atomic E-state index is 11.9. The molecule has 158 valence electrons. The fraction of sp³-hybridized carbons (Fsp3) is 0.333. The van der Waals surface area contributed by atoms with Gasteiger partial charge in [0.05, 0.1) is 0 Å².